The molecule has 1 aliphatic heterocycles. The molecule has 1 saturated heterocycles. The minimum Gasteiger partial charge on any atom is -0.508 e. The minimum absolute atomic E-state index is 0.154. The van der Waals surface area contributed by atoms with E-state index in [4.69, 9.17) is 0 Å². The average molecular weight is 485 g/mol. The number of hydrogen-bond acceptors (Lipinski definition) is 4. The Morgan fingerprint density at radius 3 is 1.89 bits per heavy atom. The van der Waals surface area contributed by atoms with Gasteiger partial charge in [-0.3, -0.25) is 4.90 Å². The zero-order chi connectivity index (χ0) is 25.3. The first kappa shape index (κ1) is 26.0. The first-order chi connectivity index (χ1) is 17.6. The van der Waals surface area contributed by atoms with Crippen LogP contribution in [-0.2, 0) is 0 Å². The monoisotopic (exact) mass is 484 g/mol. The highest BCUT2D eigenvalue weighted by Gasteiger charge is 2.22. The lowest BCUT2D eigenvalue weighted by atomic mass is 9.87. The van der Waals surface area contributed by atoms with Crippen molar-refractivity contribution in [3.05, 3.63) is 95.6 Å². The fourth-order valence-corrected chi connectivity index (χ4v) is 5.44. The summed E-state index contributed by atoms with van der Waals surface area (Å²) >= 11 is 0. The van der Waals surface area contributed by atoms with Gasteiger partial charge in [0.05, 0.1) is 0 Å². The molecule has 1 heterocycles. The zero-order valence-electron chi connectivity index (χ0n) is 21.7. The lowest BCUT2D eigenvalue weighted by molar-refractivity contribution is 0.175. The summed E-state index contributed by atoms with van der Waals surface area (Å²) in [7, 11) is 0. The van der Waals surface area contributed by atoms with Crippen molar-refractivity contribution in [1.29, 1.82) is 0 Å². The van der Waals surface area contributed by atoms with Crippen LogP contribution in [0.5, 0.6) is 5.75 Å². The molecule has 0 aromatic heterocycles. The Balaban J connectivity index is 1.67. The predicted octanol–water partition coefficient (Wildman–Crippen LogP) is 6.43. The van der Waals surface area contributed by atoms with Crippen LogP contribution in [0.2, 0.25) is 0 Å². The van der Waals surface area contributed by atoms with Gasteiger partial charge in [0.2, 0.25) is 0 Å². The Kier molecular flexibility index (Phi) is 9.21. The van der Waals surface area contributed by atoms with E-state index < -0.39 is 0 Å². The summed E-state index contributed by atoms with van der Waals surface area (Å²) in [6, 6.07) is 27.5. The van der Waals surface area contributed by atoms with Crippen LogP contribution in [0.1, 0.15) is 56.2 Å². The number of rotatable bonds is 10. The quantitative estimate of drug-likeness (QED) is 0.325. The number of aliphatic hydroxyl groups excluding tert-OH is 1. The Bertz CT molecular complexity index is 1100. The molecule has 0 bridgehead atoms. The van der Waals surface area contributed by atoms with Crippen LogP contribution in [0, 0.1) is 0 Å². The van der Waals surface area contributed by atoms with E-state index in [0.29, 0.717) is 12.5 Å². The van der Waals surface area contributed by atoms with E-state index in [0.717, 1.165) is 54.9 Å². The number of anilines is 1. The van der Waals surface area contributed by atoms with Gasteiger partial charge in [-0.05, 0) is 77.8 Å². The van der Waals surface area contributed by atoms with Gasteiger partial charge in [0.25, 0.3) is 0 Å². The highest BCUT2D eigenvalue weighted by Crippen LogP contribution is 2.36. The highest BCUT2D eigenvalue weighted by molar-refractivity contribution is 5.98. The maximum atomic E-state index is 9.91. The SMILES string of the molecule is CCC(CC)N1CCN(c2ccc(/C(=C(/CCCO)c3ccccc3)c3ccc(O)cc3)cc2)CC1. The fraction of sp³-hybridized carbons (Fsp3) is 0.375. The van der Waals surface area contributed by atoms with Gasteiger partial charge in [0.15, 0.2) is 0 Å². The summed E-state index contributed by atoms with van der Waals surface area (Å²) in [5.74, 6) is 0.262. The van der Waals surface area contributed by atoms with E-state index in [1.807, 2.05) is 18.2 Å². The van der Waals surface area contributed by atoms with Crippen molar-refractivity contribution >= 4 is 16.8 Å². The third kappa shape index (κ3) is 6.18. The molecule has 0 unspecified atom stereocenters. The van der Waals surface area contributed by atoms with Crippen molar-refractivity contribution in [2.45, 2.75) is 45.6 Å². The normalized spacial score (nSPS) is 15.3. The average Bonchev–Trinajstić information content (AvgIpc) is 2.93. The van der Waals surface area contributed by atoms with Crippen LogP contribution in [0.4, 0.5) is 5.69 Å². The lowest BCUT2D eigenvalue weighted by Gasteiger charge is -2.40. The second-order valence-electron chi connectivity index (χ2n) is 9.63. The predicted molar refractivity (Wildman–Crippen MR) is 151 cm³/mol. The molecule has 36 heavy (non-hydrogen) atoms. The number of benzene rings is 3. The second-order valence-corrected chi connectivity index (χ2v) is 9.63. The number of phenolic OH excluding ortho intramolecular Hbond substituents is 1. The number of hydrogen-bond donors (Lipinski definition) is 2. The molecule has 0 saturated carbocycles. The molecule has 4 rings (SSSR count). The fourth-order valence-electron chi connectivity index (χ4n) is 5.44. The standard InChI is InChI=1S/C32H40N2O2/c1-3-28(4-2)33-20-22-34(23-21-33)29-16-12-26(13-17-29)32(27-14-18-30(36)19-15-27)31(11-8-24-35)25-9-6-5-7-10-25/h5-7,9-10,12-19,28,35-36H,3-4,8,11,20-24H2,1-2H3/b32-31+. The first-order valence-electron chi connectivity index (χ1n) is 13.4. The lowest BCUT2D eigenvalue weighted by Crippen LogP contribution is -2.50. The van der Waals surface area contributed by atoms with Crippen LogP contribution >= 0.6 is 0 Å². The molecule has 0 amide bonds. The maximum Gasteiger partial charge on any atom is 0.115 e. The molecule has 0 spiro atoms. The number of allylic oxidation sites excluding steroid dienone is 1. The molecule has 2 N–H and O–H groups in total. The molecule has 3 aromatic carbocycles. The van der Waals surface area contributed by atoms with Crippen molar-refractivity contribution in [3.63, 3.8) is 0 Å². The number of piperazine rings is 1. The molecule has 0 radical (unpaired) electrons. The molecule has 1 fully saturated rings. The second kappa shape index (κ2) is 12.8. The largest absolute Gasteiger partial charge is 0.508 e. The van der Waals surface area contributed by atoms with Gasteiger partial charge in [0, 0.05) is 44.5 Å². The zero-order valence-corrected chi connectivity index (χ0v) is 21.7. The van der Waals surface area contributed by atoms with Crippen molar-refractivity contribution in [2.24, 2.45) is 0 Å². The topological polar surface area (TPSA) is 46.9 Å². The van der Waals surface area contributed by atoms with Gasteiger partial charge >= 0.3 is 0 Å². The van der Waals surface area contributed by atoms with Gasteiger partial charge in [-0.2, -0.15) is 0 Å². The smallest absolute Gasteiger partial charge is 0.115 e. The van der Waals surface area contributed by atoms with Crippen LogP contribution < -0.4 is 4.90 Å². The van der Waals surface area contributed by atoms with Crippen molar-refractivity contribution in [3.8, 4) is 5.75 Å². The van der Waals surface area contributed by atoms with E-state index in [1.54, 1.807) is 12.1 Å². The summed E-state index contributed by atoms with van der Waals surface area (Å²) in [6.07, 6.45) is 3.91. The first-order valence-corrected chi connectivity index (χ1v) is 13.4. The molecular weight excluding hydrogens is 444 g/mol. The molecule has 4 heteroatoms. The van der Waals surface area contributed by atoms with Gasteiger partial charge in [-0.25, -0.2) is 0 Å². The third-order valence-electron chi connectivity index (χ3n) is 7.46. The number of nitrogens with zero attached hydrogens (tertiary/aromatic N) is 2. The van der Waals surface area contributed by atoms with E-state index in [9.17, 15) is 10.2 Å². The Hall–Kier alpha value is -3.08. The highest BCUT2D eigenvalue weighted by atomic mass is 16.3. The van der Waals surface area contributed by atoms with Crippen molar-refractivity contribution in [1.82, 2.24) is 4.90 Å². The maximum absolute atomic E-state index is 9.91. The molecular formula is C32H40N2O2. The van der Waals surface area contributed by atoms with Crippen LogP contribution in [0.25, 0.3) is 11.1 Å². The summed E-state index contributed by atoms with van der Waals surface area (Å²) in [4.78, 5) is 5.14. The molecule has 0 aliphatic carbocycles. The van der Waals surface area contributed by atoms with E-state index in [2.05, 4.69) is 72.2 Å². The van der Waals surface area contributed by atoms with Crippen LogP contribution in [0.3, 0.4) is 0 Å². The Morgan fingerprint density at radius 1 is 0.750 bits per heavy atom. The Labute approximate surface area is 216 Å². The van der Waals surface area contributed by atoms with E-state index in [1.165, 1.54) is 24.1 Å². The summed E-state index contributed by atoms with van der Waals surface area (Å²) in [5.41, 5.74) is 7.01. The molecule has 4 nitrogen and oxygen atoms in total. The van der Waals surface area contributed by atoms with Gasteiger partial charge in [-0.1, -0.05) is 68.4 Å². The number of phenols is 1. The van der Waals surface area contributed by atoms with Crippen LogP contribution in [0.15, 0.2) is 78.9 Å². The van der Waals surface area contributed by atoms with E-state index >= 15 is 0 Å². The minimum atomic E-state index is 0.154. The summed E-state index contributed by atoms with van der Waals surface area (Å²) in [5, 5.41) is 19.5. The number of aliphatic hydroxyl groups is 1. The Morgan fingerprint density at radius 2 is 1.33 bits per heavy atom. The molecule has 0 atom stereocenters. The van der Waals surface area contributed by atoms with E-state index in [-0.39, 0.29) is 12.4 Å². The summed E-state index contributed by atoms with van der Waals surface area (Å²) < 4.78 is 0. The van der Waals surface area contributed by atoms with Gasteiger partial charge in [0.1, 0.15) is 5.75 Å². The van der Waals surface area contributed by atoms with Gasteiger partial charge in [-0.15, -0.1) is 0 Å². The molecule has 3 aromatic rings. The molecule has 190 valence electrons. The third-order valence-corrected chi connectivity index (χ3v) is 7.46. The van der Waals surface area contributed by atoms with Crippen LogP contribution in [-0.4, -0.2) is 53.9 Å². The molecule has 1 aliphatic rings. The number of aromatic hydroxyl groups is 1. The van der Waals surface area contributed by atoms with Crippen molar-refractivity contribution in [2.75, 3.05) is 37.7 Å². The van der Waals surface area contributed by atoms with Crippen molar-refractivity contribution < 1.29 is 10.2 Å². The summed E-state index contributed by atoms with van der Waals surface area (Å²) in [6.45, 7) is 9.09. The van der Waals surface area contributed by atoms with Gasteiger partial charge < -0.3 is 15.1 Å².